The van der Waals surface area contributed by atoms with Gasteiger partial charge in [0, 0.05) is 31.9 Å². The second kappa shape index (κ2) is 4.23. The van der Waals surface area contributed by atoms with Gasteiger partial charge >= 0.3 is 6.03 Å². The maximum atomic E-state index is 12.5. The highest BCUT2D eigenvalue weighted by atomic mass is 16.2. The maximum Gasteiger partial charge on any atom is 0.324 e. The van der Waals surface area contributed by atoms with E-state index in [1.165, 1.54) is 30.4 Å². The lowest BCUT2D eigenvalue weighted by Gasteiger charge is -2.28. The number of amides is 2. The Morgan fingerprint density at radius 2 is 2.11 bits per heavy atom. The minimum Gasteiger partial charge on any atom is -0.317 e. The average Bonchev–Trinajstić information content (AvgIpc) is 3.03. The first-order chi connectivity index (χ1) is 9.33. The van der Waals surface area contributed by atoms with E-state index >= 15 is 0 Å². The van der Waals surface area contributed by atoms with Crippen molar-refractivity contribution < 1.29 is 4.79 Å². The number of urea groups is 1. The first-order valence-corrected chi connectivity index (χ1v) is 7.23. The van der Waals surface area contributed by atoms with Gasteiger partial charge in [0.1, 0.15) is 0 Å². The molecule has 0 aromatic heterocycles. The van der Waals surface area contributed by atoms with Crippen LogP contribution in [-0.2, 0) is 12.8 Å². The molecule has 0 bridgehead atoms. The summed E-state index contributed by atoms with van der Waals surface area (Å²) in [5.74, 6) is 0. The third-order valence-corrected chi connectivity index (χ3v) is 4.61. The lowest BCUT2D eigenvalue weighted by molar-refractivity contribution is 0.193. The molecule has 4 rings (SSSR count). The first kappa shape index (κ1) is 11.3. The van der Waals surface area contributed by atoms with Crippen LogP contribution < -0.4 is 10.2 Å². The molecule has 1 atom stereocenters. The van der Waals surface area contributed by atoms with Crippen LogP contribution in [-0.4, -0.2) is 43.2 Å². The topological polar surface area (TPSA) is 35.6 Å². The Bertz CT molecular complexity index is 528. The molecule has 1 aliphatic carbocycles. The van der Waals surface area contributed by atoms with E-state index in [2.05, 4.69) is 23.5 Å². The third-order valence-electron chi connectivity index (χ3n) is 4.61. The van der Waals surface area contributed by atoms with E-state index in [4.69, 9.17) is 0 Å². The number of hydrogen-bond donors (Lipinski definition) is 1. The molecule has 3 aliphatic rings. The molecule has 19 heavy (non-hydrogen) atoms. The fraction of sp³-hybridized carbons (Fsp3) is 0.533. The Balaban J connectivity index is 1.64. The number of benzene rings is 1. The summed E-state index contributed by atoms with van der Waals surface area (Å²) in [4.78, 5) is 16.4. The van der Waals surface area contributed by atoms with Crippen molar-refractivity contribution in [2.45, 2.75) is 25.3 Å². The number of carbonyl (C=O) groups excluding carboxylic acids is 1. The van der Waals surface area contributed by atoms with Crippen LogP contribution in [0.15, 0.2) is 18.2 Å². The molecule has 2 amide bonds. The van der Waals surface area contributed by atoms with E-state index in [-0.39, 0.29) is 6.03 Å². The third kappa shape index (κ3) is 1.74. The normalized spacial score (nSPS) is 25.7. The van der Waals surface area contributed by atoms with Crippen LogP contribution in [0, 0.1) is 0 Å². The van der Waals surface area contributed by atoms with Crippen molar-refractivity contribution >= 4 is 11.7 Å². The van der Waals surface area contributed by atoms with Gasteiger partial charge in [-0.2, -0.15) is 0 Å². The van der Waals surface area contributed by atoms with Crippen LogP contribution in [0.25, 0.3) is 0 Å². The molecule has 1 aromatic carbocycles. The minimum absolute atomic E-state index is 0.185. The Labute approximate surface area is 113 Å². The monoisotopic (exact) mass is 257 g/mol. The number of aryl methyl sites for hydroxylation is 2. The number of fused-ring (bicyclic) bond motifs is 2. The maximum absolute atomic E-state index is 12.5. The van der Waals surface area contributed by atoms with Crippen molar-refractivity contribution in [3.63, 3.8) is 0 Å². The Kier molecular flexibility index (Phi) is 2.52. The fourth-order valence-electron chi connectivity index (χ4n) is 3.56. The molecule has 2 aliphatic heterocycles. The molecular weight excluding hydrogens is 238 g/mol. The molecule has 2 fully saturated rings. The highest BCUT2D eigenvalue weighted by Crippen LogP contribution is 2.30. The van der Waals surface area contributed by atoms with Crippen molar-refractivity contribution in [2.24, 2.45) is 0 Å². The lowest BCUT2D eigenvalue weighted by Crippen LogP contribution is -2.49. The number of hydrogen-bond acceptors (Lipinski definition) is 2. The van der Waals surface area contributed by atoms with Crippen molar-refractivity contribution in [3.8, 4) is 0 Å². The van der Waals surface area contributed by atoms with Crippen LogP contribution in [0.2, 0.25) is 0 Å². The molecule has 1 unspecified atom stereocenters. The van der Waals surface area contributed by atoms with Gasteiger partial charge in [0.25, 0.3) is 0 Å². The number of nitrogens with one attached hydrogen (secondary N) is 1. The SMILES string of the molecule is O=C1N(c2ccc3c(c2)CCC3)CC2CNCCN12. The minimum atomic E-state index is 0.185. The number of piperazine rings is 1. The van der Waals surface area contributed by atoms with Gasteiger partial charge in [-0.1, -0.05) is 6.07 Å². The highest BCUT2D eigenvalue weighted by molar-refractivity contribution is 5.95. The van der Waals surface area contributed by atoms with Gasteiger partial charge in [-0.05, 0) is 42.5 Å². The van der Waals surface area contributed by atoms with Gasteiger partial charge in [-0.15, -0.1) is 0 Å². The van der Waals surface area contributed by atoms with Gasteiger partial charge in [0.15, 0.2) is 0 Å². The van der Waals surface area contributed by atoms with Crippen LogP contribution in [0.3, 0.4) is 0 Å². The highest BCUT2D eigenvalue weighted by Gasteiger charge is 2.39. The van der Waals surface area contributed by atoms with Gasteiger partial charge in [-0.3, -0.25) is 4.90 Å². The number of rotatable bonds is 1. The van der Waals surface area contributed by atoms with Crippen molar-refractivity contribution in [1.82, 2.24) is 10.2 Å². The molecular formula is C15H19N3O. The number of nitrogens with zero attached hydrogens (tertiary/aromatic N) is 2. The molecule has 100 valence electrons. The summed E-state index contributed by atoms with van der Waals surface area (Å²) >= 11 is 0. The molecule has 0 saturated carbocycles. The van der Waals surface area contributed by atoms with Gasteiger partial charge in [0.05, 0.1) is 6.04 Å². The molecule has 1 aromatic rings. The zero-order valence-electron chi connectivity index (χ0n) is 11.1. The van der Waals surface area contributed by atoms with E-state index < -0.39 is 0 Å². The van der Waals surface area contributed by atoms with Gasteiger partial charge < -0.3 is 10.2 Å². The standard InChI is InChI=1S/C15H19N3O/c19-15-17-7-6-16-9-14(17)10-18(15)13-5-4-11-2-1-3-12(11)8-13/h4-5,8,14,16H,1-3,6-7,9-10H2. The quantitative estimate of drug-likeness (QED) is 0.825. The van der Waals surface area contributed by atoms with Crippen LogP contribution >= 0.6 is 0 Å². The van der Waals surface area contributed by atoms with Gasteiger partial charge in [0.2, 0.25) is 0 Å². The smallest absolute Gasteiger partial charge is 0.317 e. The first-order valence-electron chi connectivity index (χ1n) is 7.23. The second-order valence-electron chi connectivity index (χ2n) is 5.75. The summed E-state index contributed by atoms with van der Waals surface area (Å²) in [6, 6.07) is 7.08. The molecule has 2 heterocycles. The van der Waals surface area contributed by atoms with Crippen molar-refractivity contribution in [2.75, 3.05) is 31.1 Å². The Morgan fingerprint density at radius 1 is 1.21 bits per heavy atom. The lowest BCUT2D eigenvalue weighted by atomic mass is 10.1. The predicted octanol–water partition coefficient (Wildman–Crippen LogP) is 1.39. The summed E-state index contributed by atoms with van der Waals surface area (Å²) in [5, 5.41) is 3.37. The van der Waals surface area contributed by atoms with Crippen LogP contribution in [0.1, 0.15) is 17.5 Å². The Morgan fingerprint density at radius 3 is 3.00 bits per heavy atom. The largest absolute Gasteiger partial charge is 0.324 e. The van der Waals surface area contributed by atoms with Crippen molar-refractivity contribution in [1.29, 1.82) is 0 Å². The van der Waals surface area contributed by atoms with E-state index in [0.717, 1.165) is 31.9 Å². The van der Waals surface area contributed by atoms with Crippen LogP contribution in [0.5, 0.6) is 0 Å². The van der Waals surface area contributed by atoms with E-state index in [0.29, 0.717) is 6.04 Å². The number of carbonyl (C=O) groups is 1. The molecule has 1 N–H and O–H groups in total. The molecule has 0 spiro atoms. The molecule has 4 nitrogen and oxygen atoms in total. The van der Waals surface area contributed by atoms with E-state index in [1.807, 2.05) is 9.80 Å². The second-order valence-corrected chi connectivity index (χ2v) is 5.75. The van der Waals surface area contributed by atoms with Gasteiger partial charge in [-0.25, -0.2) is 4.79 Å². The van der Waals surface area contributed by atoms with E-state index in [9.17, 15) is 4.79 Å². The van der Waals surface area contributed by atoms with Crippen LogP contribution in [0.4, 0.5) is 10.5 Å². The summed E-state index contributed by atoms with van der Waals surface area (Å²) < 4.78 is 0. The molecule has 4 heteroatoms. The van der Waals surface area contributed by atoms with Crippen molar-refractivity contribution in [3.05, 3.63) is 29.3 Å². The summed E-state index contributed by atoms with van der Waals surface area (Å²) in [5.41, 5.74) is 3.99. The summed E-state index contributed by atoms with van der Waals surface area (Å²) in [6.07, 6.45) is 3.62. The van der Waals surface area contributed by atoms with E-state index in [1.54, 1.807) is 0 Å². The fourth-order valence-corrected chi connectivity index (χ4v) is 3.56. The summed E-state index contributed by atoms with van der Waals surface area (Å²) in [7, 11) is 0. The molecule has 0 radical (unpaired) electrons. The predicted molar refractivity (Wildman–Crippen MR) is 74.6 cm³/mol. The number of anilines is 1. The average molecular weight is 257 g/mol. The Hall–Kier alpha value is -1.55. The molecule has 2 saturated heterocycles. The zero-order valence-corrected chi connectivity index (χ0v) is 11.1. The zero-order chi connectivity index (χ0) is 12.8. The summed E-state index contributed by atoms with van der Waals surface area (Å²) in [6.45, 7) is 3.50.